The molecule has 1 aliphatic heterocycles. The number of benzene rings is 1. The molecular formula is C13H17ClO2. The normalized spacial score (nSPS) is 29.0. The van der Waals surface area contributed by atoms with Crippen molar-refractivity contribution in [3.63, 3.8) is 0 Å². The summed E-state index contributed by atoms with van der Waals surface area (Å²) in [6.45, 7) is 7.10. The van der Waals surface area contributed by atoms with Crippen LogP contribution in [0.4, 0.5) is 0 Å². The highest BCUT2D eigenvalue weighted by Gasteiger charge is 2.35. The first-order valence-electron chi connectivity index (χ1n) is 5.51. The number of ether oxygens (including phenoxy) is 2. The van der Waals surface area contributed by atoms with Crippen molar-refractivity contribution < 1.29 is 9.47 Å². The van der Waals surface area contributed by atoms with Crippen LogP contribution in [0.15, 0.2) is 24.3 Å². The van der Waals surface area contributed by atoms with Crippen LogP contribution in [0, 0.1) is 5.41 Å². The van der Waals surface area contributed by atoms with Crippen molar-refractivity contribution in [1.82, 2.24) is 0 Å². The molecule has 16 heavy (non-hydrogen) atoms. The molecule has 0 aliphatic carbocycles. The van der Waals surface area contributed by atoms with E-state index in [0.29, 0.717) is 6.61 Å². The van der Waals surface area contributed by atoms with Crippen LogP contribution in [-0.4, -0.2) is 12.7 Å². The van der Waals surface area contributed by atoms with Crippen LogP contribution >= 0.6 is 11.6 Å². The molecule has 88 valence electrons. The van der Waals surface area contributed by atoms with Crippen molar-refractivity contribution in [2.45, 2.75) is 33.2 Å². The Bertz CT molecular complexity index is 359. The van der Waals surface area contributed by atoms with E-state index in [1.165, 1.54) is 0 Å². The zero-order chi connectivity index (χ0) is 11.8. The molecule has 2 rings (SSSR count). The van der Waals surface area contributed by atoms with Crippen molar-refractivity contribution in [2.75, 3.05) is 6.61 Å². The molecular weight excluding hydrogens is 224 g/mol. The molecule has 0 bridgehead atoms. The minimum Gasteiger partial charge on any atom is -0.348 e. The second-order valence-electron chi connectivity index (χ2n) is 4.96. The predicted octanol–water partition coefficient (Wildman–Crippen LogP) is 3.80. The molecule has 0 amide bonds. The third-order valence-electron chi connectivity index (χ3n) is 3.18. The van der Waals surface area contributed by atoms with Crippen LogP contribution in [0.3, 0.4) is 0 Å². The van der Waals surface area contributed by atoms with E-state index >= 15 is 0 Å². The van der Waals surface area contributed by atoms with Crippen LogP contribution in [0.25, 0.3) is 0 Å². The first-order chi connectivity index (χ1) is 7.49. The van der Waals surface area contributed by atoms with Crippen molar-refractivity contribution in [3.8, 4) is 0 Å². The van der Waals surface area contributed by atoms with Crippen molar-refractivity contribution >= 4 is 11.6 Å². The van der Waals surface area contributed by atoms with E-state index in [9.17, 15) is 0 Å². The second kappa shape index (κ2) is 4.36. The maximum absolute atomic E-state index is 5.86. The van der Waals surface area contributed by atoms with Gasteiger partial charge in [-0.15, -0.1) is 0 Å². The Labute approximate surface area is 102 Å². The molecule has 0 N–H and O–H groups in total. The van der Waals surface area contributed by atoms with Crippen LogP contribution in [0.5, 0.6) is 0 Å². The van der Waals surface area contributed by atoms with Gasteiger partial charge in [0.2, 0.25) is 0 Å². The quantitative estimate of drug-likeness (QED) is 0.743. The molecule has 0 radical (unpaired) electrons. The highest BCUT2D eigenvalue weighted by atomic mass is 35.5. The Morgan fingerprint density at radius 2 is 1.88 bits per heavy atom. The molecule has 1 fully saturated rings. The van der Waals surface area contributed by atoms with Crippen molar-refractivity contribution in [1.29, 1.82) is 0 Å². The molecule has 1 saturated heterocycles. The largest absolute Gasteiger partial charge is 0.348 e. The summed E-state index contributed by atoms with van der Waals surface area (Å²) < 4.78 is 11.6. The average molecular weight is 241 g/mol. The molecule has 1 aromatic carbocycles. The van der Waals surface area contributed by atoms with Crippen molar-refractivity contribution in [3.05, 3.63) is 34.9 Å². The molecule has 0 saturated carbocycles. The molecule has 1 heterocycles. The average Bonchev–Trinajstić information content (AvgIpc) is 2.24. The molecule has 0 spiro atoms. The van der Waals surface area contributed by atoms with Gasteiger partial charge in [0.25, 0.3) is 0 Å². The molecule has 1 aliphatic rings. The number of rotatable bonds is 1. The maximum atomic E-state index is 5.86. The summed E-state index contributed by atoms with van der Waals surface area (Å²) in [7, 11) is 0. The Morgan fingerprint density at radius 3 is 2.44 bits per heavy atom. The van der Waals surface area contributed by atoms with Gasteiger partial charge in [-0.2, -0.15) is 0 Å². The standard InChI is InChI=1S/C13H17ClO2/c1-9-13(2,3)8-15-12(16-9)10-4-6-11(14)7-5-10/h4-7,9,12H,8H2,1-3H3/t9-,12-/m1/s1. The molecule has 1 aromatic rings. The molecule has 0 unspecified atom stereocenters. The lowest BCUT2D eigenvalue weighted by atomic mass is 9.87. The van der Waals surface area contributed by atoms with E-state index in [2.05, 4.69) is 20.8 Å². The van der Waals surface area contributed by atoms with Gasteiger partial charge in [-0.05, 0) is 19.1 Å². The summed E-state index contributed by atoms with van der Waals surface area (Å²) >= 11 is 5.84. The Kier molecular flexibility index (Phi) is 3.24. The lowest BCUT2D eigenvalue weighted by molar-refractivity contribution is -0.259. The maximum Gasteiger partial charge on any atom is 0.184 e. The summed E-state index contributed by atoms with van der Waals surface area (Å²) in [5.41, 5.74) is 1.09. The van der Waals surface area contributed by atoms with Gasteiger partial charge in [0.15, 0.2) is 6.29 Å². The van der Waals surface area contributed by atoms with Gasteiger partial charge in [-0.1, -0.05) is 37.6 Å². The lowest BCUT2D eigenvalue weighted by Crippen LogP contribution is -2.40. The third kappa shape index (κ3) is 2.40. The number of halogens is 1. The van der Waals surface area contributed by atoms with E-state index in [-0.39, 0.29) is 17.8 Å². The zero-order valence-electron chi connectivity index (χ0n) is 9.87. The van der Waals surface area contributed by atoms with E-state index in [1.54, 1.807) is 0 Å². The molecule has 2 atom stereocenters. The van der Waals surface area contributed by atoms with Crippen molar-refractivity contribution in [2.24, 2.45) is 5.41 Å². The monoisotopic (exact) mass is 240 g/mol. The fourth-order valence-electron chi connectivity index (χ4n) is 1.61. The Hall–Kier alpha value is -0.570. The van der Waals surface area contributed by atoms with Crippen LogP contribution in [-0.2, 0) is 9.47 Å². The zero-order valence-corrected chi connectivity index (χ0v) is 10.6. The minimum atomic E-state index is -0.264. The highest BCUT2D eigenvalue weighted by molar-refractivity contribution is 6.30. The minimum absolute atomic E-state index is 0.0723. The van der Waals surface area contributed by atoms with Gasteiger partial charge >= 0.3 is 0 Å². The van der Waals surface area contributed by atoms with E-state index < -0.39 is 0 Å². The van der Waals surface area contributed by atoms with Gasteiger partial charge in [-0.25, -0.2) is 0 Å². The van der Waals surface area contributed by atoms with Crippen LogP contribution < -0.4 is 0 Å². The second-order valence-corrected chi connectivity index (χ2v) is 5.40. The van der Waals surface area contributed by atoms with Gasteiger partial charge in [-0.3, -0.25) is 0 Å². The van der Waals surface area contributed by atoms with Gasteiger partial charge in [0, 0.05) is 16.0 Å². The summed E-state index contributed by atoms with van der Waals surface area (Å²) in [6, 6.07) is 7.60. The van der Waals surface area contributed by atoms with Crippen LogP contribution in [0.1, 0.15) is 32.6 Å². The first kappa shape index (κ1) is 11.9. The first-order valence-corrected chi connectivity index (χ1v) is 5.89. The Morgan fingerprint density at radius 1 is 1.25 bits per heavy atom. The van der Waals surface area contributed by atoms with Gasteiger partial charge in [0.1, 0.15) is 0 Å². The number of hydrogen-bond donors (Lipinski definition) is 0. The molecule has 3 heteroatoms. The number of hydrogen-bond acceptors (Lipinski definition) is 2. The van der Waals surface area contributed by atoms with E-state index in [0.717, 1.165) is 10.6 Å². The summed E-state index contributed by atoms with van der Waals surface area (Å²) in [4.78, 5) is 0. The fraction of sp³-hybridized carbons (Fsp3) is 0.538. The summed E-state index contributed by atoms with van der Waals surface area (Å²) in [6.07, 6.45) is -0.0813. The SMILES string of the molecule is C[C@H]1O[C@H](c2ccc(Cl)cc2)OCC1(C)C. The third-order valence-corrected chi connectivity index (χ3v) is 3.43. The lowest BCUT2D eigenvalue weighted by Gasteiger charge is -2.40. The van der Waals surface area contributed by atoms with Gasteiger partial charge < -0.3 is 9.47 Å². The van der Waals surface area contributed by atoms with E-state index in [4.69, 9.17) is 21.1 Å². The molecule has 2 nitrogen and oxygen atoms in total. The molecule has 0 aromatic heterocycles. The van der Waals surface area contributed by atoms with Gasteiger partial charge in [0.05, 0.1) is 12.7 Å². The predicted molar refractivity (Wildman–Crippen MR) is 64.5 cm³/mol. The van der Waals surface area contributed by atoms with E-state index in [1.807, 2.05) is 24.3 Å². The van der Waals surface area contributed by atoms with Crippen LogP contribution in [0.2, 0.25) is 5.02 Å². The smallest absolute Gasteiger partial charge is 0.184 e. The Balaban J connectivity index is 2.10. The topological polar surface area (TPSA) is 18.5 Å². The fourth-order valence-corrected chi connectivity index (χ4v) is 1.74. The summed E-state index contributed by atoms with van der Waals surface area (Å²) in [5.74, 6) is 0. The highest BCUT2D eigenvalue weighted by Crippen LogP contribution is 2.36. The summed E-state index contributed by atoms with van der Waals surface area (Å²) in [5, 5.41) is 0.730.